The molecular formula is C27H36F3N. The Labute approximate surface area is 185 Å². The van der Waals surface area contributed by atoms with Gasteiger partial charge >= 0.3 is 6.18 Å². The third kappa shape index (κ3) is 7.38. The molecule has 1 fully saturated rings. The molecular weight excluding hydrogens is 395 g/mol. The van der Waals surface area contributed by atoms with Crippen LogP contribution < -0.4 is 0 Å². The lowest BCUT2D eigenvalue weighted by Crippen LogP contribution is -2.34. The zero-order valence-corrected chi connectivity index (χ0v) is 18.9. The van der Waals surface area contributed by atoms with Gasteiger partial charge in [-0.05, 0) is 87.9 Å². The van der Waals surface area contributed by atoms with E-state index in [2.05, 4.69) is 73.3 Å². The van der Waals surface area contributed by atoms with Gasteiger partial charge in [-0.15, -0.1) is 0 Å². The number of rotatable bonds is 9. The van der Waals surface area contributed by atoms with Crippen molar-refractivity contribution in [1.29, 1.82) is 0 Å². The first-order chi connectivity index (χ1) is 14.8. The normalized spacial score (nSPS) is 19.8. The van der Waals surface area contributed by atoms with Gasteiger partial charge < -0.3 is 4.90 Å². The summed E-state index contributed by atoms with van der Waals surface area (Å²) < 4.78 is 38.6. The monoisotopic (exact) mass is 431 g/mol. The van der Waals surface area contributed by atoms with Gasteiger partial charge in [0.15, 0.2) is 0 Å². The quantitative estimate of drug-likeness (QED) is 0.400. The van der Waals surface area contributed by atoms with Crippen LogP contribution >= 0.6 is 0 Å². The molecule has 0 heterocycles. The number of nitrogens with zero attached hydrogens (tertiary/aromatic N) is 1. The molecule has 0 bridgehead atoms. The van der Waals surface area contributed by atoms with Gasteiger partial charge in [0, 0.05) is 12.6 Å². The Morgan fingerprint density at radius 2 is 1.42 bits per heavy atom. The van der Waals surface area contributed by atoms with E-state index in [-0.39, 0.29) is 18.8 Å². The molecule has 170 valence electrons. The Morgan fingerprint density at radius 1 is 0.806 bits per heavy atom. The Bertz CT molecular complexity index is 759. The van der Waals surface area contributed by atoms with E-state index in [1.165, 1.54) is 16.7 Å². The largest absolute Gasteiger partial charge is 0.391 e. The van der Waals surface area contributed by atoms with Crippen LogP contribution in [0.5, 0.6) is 0 Å². The van der Waals surface area contributed by atoms with Crippen LogP contribution in [0.15, 0.2) is 54.6 Å². The molecule has 0 spiro atoms. The molecule has 1 aliphatic rings. The molecule has 0 atom stereocenters. The highest BCUT2D eigenvalue weighted by molar-refractivity contribution is 5.26. The summed E-state index contributed by atoms with van der Waals surface area (Å²) in [6, 6.07) is 19.8. The van der Waals surface area contributed by atoms with Crippen LogP contribution in [0.2, 0.25) is 0 Å². The first-order valence-electron chi connectivity index (χ1n) is 11.8. The van der Waals surface area contributed by atoms with E-state index in [0.29, 0.717) is 18.9 Å². The van der Waals surface area contributed by atoms with E-state index in [1.54, 1.807) is 0 Å². The third-order valence-corrected chi connectivity index (χ3v) is 6.81. The van der Waals surface area contributed by atoms with Gasteiger partial charge in [-0.25, -0.2) is 0 Å². The van der Waals surface area contributed by atoms with Crippen molar-refractivity contribution < 1.29 is 13.2 Å². The van der Waals surface area contributed by atoms with Gasteiger partial charge in [0.05, 0.1) is 5.92 Å². The number of alkyl halides is 3. The van der Waals surface area contributed by atoms with Gasteiger partial charge in [-0.1, -0.05) is 54.6 Å². The Morgan fingerprint density at radius 3 is 2.00 bits per heavy atom. The molecule has 0 N–H and O–H groups in total. The second-order valence-electron chi connectivity index (χ2n) is 9.30. The van der Waals surface area contributed by atoms with Crippen LogP contribution in [0.1, 0.15) is 68.6 Å². The van der Waals surface area contributed by atoms with Crippen molar-refractivity contribution in [3.63, 3.8) is 0 Å². The van der Waals surface area contributed by atoms with E-state index in [0.717, 1.165) is 32.4 Å². The minimum atomic E-state index is -4.03. The Balaban J connectivity index is 1.43. The highest BCUT2D eigenvalue weighted by atomic mass is 19.4. The predicted molar refractivity (Wildman–Crippen MR) is 122 cm³/mol. The highest BCUT2D eigenvalue weighted by Gasteiger charge is 2.41. The summed E-state index contributed by atoms with van der Waals surface area (Å²) in [5.74, 6) is -0.823. The summed E-state index contributed by atoms with van der Waals surface area (Å²) in [6.45, 7) is 6.66. The van der Waals surface area contributed by atoms with Gasteiger partial charge in [0.1, 0.15) is 0 Å². The molecule has 0 aromatic heterocycles. The first-order valence-corrected chi connectivity index (χ1v) is 11.8. The molecule has 0 aliphatic heterocycles. The van der Waals surface area contributed by atoms with Gasteiger partial charge in [0.2, 0.25) is 0 Å². The summed E-state index contributed by atoms with van der Waals surface area (Å²) in [4.78, 5) is 2.54. The van der Waals surface area contributed by atoms with Crippen molar-refractivity contribution in [3.8, 4) is 0 Å². The molecule has 0 amide bonds. The van der Waals surface area contributed by atoms with Gasteiger partial charge in [-0.2, -0.15) is 13.2 Å². The zero-order chi connectivity index (χ0) is 22.3. The van der Waals surface area contributed by atoms with E-state index < -0.39 is 12.1 Å². The van der Waals surface area contributed by atoms with E-state index in [1.807, 2.05) is 0 Å². The van der Waals surface area contributed by atoms with Crippen LogP contribution in [0.4, 0.5) is 13.2 Å². The molecule has 2 aromatic rings. The van der Waals surface area contributed by atoms with Crippen molar-refractivity contribution >= 4 is 0 Å². The average Bonchev–Trinajstić information content (AvgIpc) is 2.76. The van der Waals surface area contributed by atoms with Crippen molar-refractivity contribution in [2.24, 2.45) is 5.92 Å². The molecule has 0 saturated heterocycles. The molecule has 0 radical (unpaired) electrons. The van der Waals surface area contributed by atoms with Crippen LogP contribution in [-0.4, -0.2) is 30.2 Å². The highest BCUT2D eigenvalue weighted by Crippen LogP contribution is 2.42. The van der Waals surface area contributed by atoms with Crippen molar-refractivity contribution in [2.75, 3.05) is 13.1 Å². The van der Waals surface area contributed by atoms with Crippen LogP contribution in [-0.2, 0) is 12.8 Å². The lowest BCUT2D eigenvalue weighted by atomic mass is 9.78. The molecule has 3 rings (SSSR count). The molecule has 1 saturated carbocycles. The molecule has 1 nitrogen and oxygen atoms in total. The Hall–Kier alpha value is -1.81. The number of hydrogen-bond donors (Lipinski definition) is 0. The van der Waals surface area contributed by atoms with E-state index in [9.17, 15) is 13.2 Å². The lowest BCUT2D eigenvalue weighted by Gasteiger charge is -2.30. The van der Waals surface area contributed by atoms with Crippen molar-refractivity contribution in [3.05, 3.63) is 71.3 Å². The molecule has 0 unspecified atom stereocenters. The van der Waals surface area contributed by atoms with Gasteiger partial charge in [-0.3, -0.25) is 0 Å². The third-order valence-electron chi connectivity index (χ3n) is 6.81. The Kier molecular flexibility index (Phi) is 8.59. The summed E-state index contributed by atoms with van der Waals surface area (Å²) in [5, 5.41) is 0. The van der Waals surface area contributed by atoms with E-state index >= 15 is 0 Å². The van der Waals surface area contributed by atoms with Crippen molar-refractivity contribution in [1.82, 2.24) is 4.90 Å². The fourth-order valence-corrected chi connectivity index (χ4v) is 4.74. The SMILES string of the molecule is CC(C)N(CCCc1ccc(C2CCC(C(F)(F)F)CC2)cc1)CCc1ccccc1. The maximum atomic E-state index is 12.9. The fourth-order valence-electron chi connectivity index (χ4n) is 4.74. The minimum Gasteiger partial charge on any atom is -0.301 e. The summed E-state index contributed by atoms with van der Waals surface area (Å²) in [6.07, 6.45) is 1.03. The smallest absolute Gasteiger partial charge is 0.301 e. The minimum absolute atomic E-state index is 0.268. The number of halogens is 3. The standard InChI is InChI=1S/C27H36F3N/c1-21(2)31(20-18-22-7-4-3-5-8-22)19-6-9-23-10-12-24(13-11-23)25-14-16-26(17-15-25)27(28,29)30/h3-5,7-8,10-13,21,25-26H,6,9,14-20H2,1-2H3. The van der Waals surface area contributed by atoms with Crippen LogP contribution in [0.25, 0.3) is 0 Å². The number of hydrogen-bond acceptors (Lipinski definition) is 1. The molecule has 4 heteroatoms. The number of benzene rings is 2. The second kappa shape index (κ2) is 11.2. The maximum absolute atomic E-state index is 12.9. The average molecular weight is 432 g/mol. The fraction of sp³-hybridized carbons (Fsp3) is 0.556. The molecule has 1 aliphatic carbocycles. The van der Waals surface area contributed by atoms with Crippen LogP contribution in [0.3, 0.4) is 0 Å². The number of aryl methyl sites for hydroxylation is 1. The van der Waals surface area contributed by atoms with Crippen LogP contribution in [0, 0.1) is 5.92 Å². The molecule has 2 aromatic carbocycles. The zero-order valence-electron chi connectivity index (χ0n) is 18.9. The summed E-state index contributed by atoms with van der Waals surface area (Å²) in [5.41, 5.74) is 3.91. The van der Waals surface area contributed by atoms with E-state index in [4.69, 9.17) is 0 Å². The first kappa shape index (κ1) is 23.8. The van der Waals surface area contributed by atoms with Crippen molar-refractivity contribution in [2.45, 2.75) is 76.9 Å². The summed E-state index contributed by atoms with van der Waals surface area (Å²) >= 11 is 0. The second-order valence-corrected chi connectivity index (χ2v) is 9.30. The predicted octanol–water partition coefficient (Wildman–Crippen LogP) is 7.41. The molecule has 31 heavy (non-hydrogen) atoms. The summed E-state index contributed by atoms with van der Waals surface area (Å²) in [7, 11) is 0. The van der Waals surface area contributed by atoms with Gasteiger partial charge in [0.25, 0.3) is 0 Å². The topological polar surface area (TPSA) is 3.24 Å². The maximum Gasteiger partial charge on any atom is 0.391 e. The lowest BCUT2D eigenvalue weighted by molar-refractivity contribution is -0.182.